The van der Waals surface area contributed by atoms with Crippen molar-refractivity contribution in [3.8, 4) is 0 Å². The number of hydrogen-bond acceptors (Lipinski definition) is 23. The molecule has 5 rings (SSSR count). The second-order valence-corrected chi connectivity index (χ2v) is 18.4. The molecule has 30 heteroatoms. The van der Waals surface area contributed by atoms with Crippen LogP contribution in [0.5, 0.6) is 0 Å². The van der Waals surface area contributed by atoms with E-state index >= 15 is 0 Å². The molecule has 2 aliphatic rings. The van der Waals surface area contributed by atoms with Gasteiger partial charge in [-0.2, -0.15) is 19.3 Å². The lowest BCUT2D eigenvalue weighted by Crippen LogP contribution is -2.58. The number of aromatic amines is 2. The number of aromatic nitrogens is 6. The van der Waals surface area contributed by atoms with Gasteiger partial charge < -0.3 is 50.5 Å². The summed E-state index contributed by atoms with van der Waals surface area (Å²) in [5, 5.41) is 21.3. The van der Waals surface area contributed by atoms with Crippen LogP contribution in [0.15, 0.2) is 15.9 Å². The molecule has 3 aromatic heterocycles. The van der Waals surface area contributed by atoms with Crippen LogP contribution >= 0.6 is 35.5 Å². The number of quaternary nitrogens is 1. The molecule has 0 aromatic carbocycles. The zero-order chi connectivity index (χ0) is 40.8. The Morgan fingerprint density at radius 3 is 2.54 bits per heavy atom. The molecule has 8 unspecified atom stereocenters. The monoisotopic (exact) mass is 877 g/mol. The lowest BCUT2D eigenvalue weighted by atomic mass is 10.1. The molecule has 10 N–H and O–H groups in total. The summed E-state index contributed by atoms with van der Waals surface area (Å²) in [6.45, 7) is -4.92. The molecule has 0 saturated carbocycles. The maximum Gasteiger partial charge on any atom is 0.389 e. The predicted molar refractivity (Wildman–Crippen MR) is 200 cm³/mol. The van der Waals surface area contributed by atoms with Crippen LogP contribution in [0.1, 0.15) is 19.1 Å². The van der Waals surface area contributed by atoms with Crippen molar-refractivity contribution in [2.75, 3.05) is 71.1 Å². The van der Waals surface area contributed by atoms with Gasteiger partial charge in [-0.15, -0.1) is 0 Å². The summed E-state index contributed by atoms with van der Waals surface area (Å²) in [5.74, 6) is -0.453. The second kappa shape index (κ2) is 19.4. The number of anilines is 3. The normalized spacial score (nSPS) is 25.3. The van der Waals surface area contributed by atoms with Crippen molar-refractivity contribution >= 4 is 70.0 Å². The van der Waals surface area contributed by atoms with Gasteiger partial charge in [0.15, 0.2) is 32.1 Å². The molecular weight excluding hydrogens is 833 g/mol. The highest BCUT2D eigenvalue weighted by Crippen LogP contribution is 2.59. The summed E-state index contributed by atoms with van der Waals surface area (Å²) in [6, 6.07) is 0. The molecule has 2 fully saturated rings. The van der Waals surface area contributed by atoms with Gasteiger partial charge >= 0.3 is 20.6 Å². The SMILES string of the molecule is COP(=O)(OC(COOPOCC1CCC(n2cnc3c(=O)[nH]c(N)nc32)O1)CO[PH](=O)OOC[C@H]1O[C@@H]([N+](C)(C)c2c(N)nc(N)[nH]c2=O)C(O)C1O)SC. The molecule has 26 nitrogen and oxygen atoms in total. The first-order valence-corrected chi connectivity index (χ1v) is 21.9. The number of aliphatic hydroxyl groups is 2. The van der Waals surface area contributed by atoms with Crippen LogP contribution in [-0.4, -0.2) is 130 Å². The molecular formula is C26H44N10O16P3S+. The Bertz CT molecular complexity index is 1980. The highest BCUT2D eigenvalue weighted by molar-refractivity contribution is 8.54. The number of aliphatic hydroxyl groups excluding tert-OH is 2. The number of rotatable bonds is 21. The summed E-state index contributed by atoms with van der Waals surface area (Å²) in [4.78, 5) is 51.6. The number of nitrogens with one attached hydrogen (secondary N) is 2. The number of nitrogens with two attached hydrogens (primary N) is 3. The van der Waals surface area contributed by atoms with Crippen molar-refractivity contribution in [3.05, 3.63) is 27.0 Å². The third-order valence-corrected chi connectivity index (χ3v) is 13.1. The number of fused-ring (bicyclic) bond motifs is 1. The van der Waals surface area contributed by atoms with E-state index in [4.69, 9.17) is 63.9 Å². The van der Waals surface area contributed by atoms with Gasteiger partial charge in [-0.3, -0.25) is 37.7 Å². The Morgan fingerprint density at radius 1 is 1.09 bits per heavy atom. The Labute approximate surface area is 323 Å². The number of nitrogen functional groups attached to an aromatic ring is 3. The standard InChI is InChI=1S/C26H43N10O16P3S/c1-36(2,17-20(27)31-25(28)34-23(17)40)24-19(38)18(37)14(49-24)10-45-52-54(41)47-9-13(50-55(42,43-3)56-4)7-44-51-53-46-8-12-5-6-15(48-12)35-11-30-16-21(35)32-26(29)33-22(16)39/h11-15,18-19,24,37-38,53-54H,5-10H2,1-4H3,(H7-,27,28,29,31,32,33,34,39,40)/p+1/t12?,13?,14-,15?,18?,19?,24-,55?/m1/s1. The van der Waals surface area contributed by atoms with E-state index in [1.807, 2.05) is 0 Å². The summed E-state index contributed by atoms with van der Waals surface area (Å²) < 4.78 is 69.4. The quantitative estimate of drug-likeness (QED) is 0.0237. The number of H-pyrrole nitrogens is 2. The van der Waals surface area contributed by atoms with Crippen LogP contribution < -0.4 is 32.8 Å². The largest absolute Gasteiger partial charge is 0.389 e. The van der Waals surface area contributed by atoms with Gasteiger partial charge in [0.1, 0.15) is 37.8 Å². The number of hydrogen-bond donors (Lipinski definition) is 7. The van der Waals surface area contributed by atoms with E-state index in [9.17, 15) is 28.9 Å². The number of likely N-dealkylation sites (N-methyl/N-ethyl adjacent to an activating group) is 1. The fraction of sp³-hybridized carbons (Fsp3) is 0.654. The first-order valence-electron chi connectivity index (χ1n) is 16.5. The average Bonchev–Trinajstić information content (AvgIpc) is 3.86. The van der Waals surface area contributed by atoms with Gasteiger partial charge in [-0.1, -0.05) is 0 Å². The first-order chi connectivity index (χ1) is 26.6. The van der Waals surface area contributed by atoms with E-state index < -0.39 is 89.8 Å². The smallest absolute Gasteiger partial charge is 0.387 e. The van der Waals surface area contributed by atoms with E-state index in [1.54, 1.807) is 4.57 Å². The molecule has 3 aromatic rings. The van der Waals surface area contributed by atoms with Crippen LogP contribution in [-0.2, 0) is 55.8 Å². The van der Waals surface area contributed by atoms with Gasteiger partial charge in [0.2, 0.25) is 23.8 Å². The minimum absolute atomic E-state index is 0.0411. The van der Waals surface area contributed by atoms with Gasteiger partial charge in [0, 0.05) is 7.11 Å². The minimum Gasteiger partial charge on any atom is -0.387 e. The highest BCUT2D eigenvalue weighted by atomic mass is 32.7. The predicted octanol–water partition coefficient (Wildman–Crippen LogP) is -0.329. The van der Waals surface area contributed by atoms with Crippen molar-refractivity contribution in [2.24, 2.45) is 0 Å². The van der Waals surface area contributed by atoms with E-state index in [-0.39, 0.29) is 48.2 Å². The van der Waals surface area contributed by atoms with Crippen LogP contribution in [0.2, 0.25) is 0 Å². The van der Waals surface area contributed by atoms with Crippen LogP contribution in [0.4, 0.5) is 23.4 Å². The van der Waals surface area contributed by atoms with Crippen LogP contribution in [0.3, 0.4) is 0 Å². The highest BCUT2D eigenvalue weighted by Gasteiger charge is 2.53. The molecule has 56 heavy (non-hydrogen) atoms. The van der Waals surface area contributed by atoms with E-state index in [0.717, 1.165) is 11.4 Å². The van der Waals surface area contributed by atoms with Crippen molar-refractivity contribution in [1.82, 2.24) is 34.0 Å². The summed E-state index contributed by atoms with van der Waals surface area (Å²) in [6.07, 6.45) is -3.19. The van der Waals surface area contributed by atoms with Gasteiger partial charge in [0.05, 0.1) is 39.7 Å². The third kappa shape index (κ3) is 10.7. The van der Waals surface area contributed by atoms with Crippen molar-refractivity contribution in [1.29, 1.82) is 0 Å². The Balaban J connectivity index is 1.03. The topological polar surface area (TPSA) is 354 Å². The van der Waals surface area contributed by atoms with Gasteiger partial charge in [-0.05, 0) is 30.5 Å². The zero-order valence-corrected chi connectivity index (χ0v) is 34.0. The number of imidazole rings is 1. The Kier molecular flexibility index (Phi) is 15.4. The van der Waals surface area contributed by atoms with Crippen LogP contribution in [0.25, 0.3) is 11.2 Å². The summed E-state index contributed by atoms with van der Waals surface area (Å²) >= 11 is 0.797. The molecule has 2 saturated heterocycles. The molecule has 0 amide bonds. The van der Waals surface area contributed by atoms with Crippen LogP contribution in [0, 0.1) is 0 Å². The molecule has 5 heterocycles. The fourth-order valence-electron chi connectivity index (χ4n) is 5.83. The van der Waals surface area contributed by atoms with E-state index in [1.165, 1.54) is 33.8 Å². The van der Waals surface area contributed by atoms with E-state index in [0.29, 0.717) is 18.5 Å². The van der Waals surface area contributed by atoms with E-state index in [2.05, 4.69) is 24.9 Å². The lowest BCUT2D eigenvalue weighted by Gasteiger charge is -2.35. The second-order valence-electron chi connectivity index (χ2n) is 12.6. The Morgan fingerprint density at radius 2 is 1.82 bits per heavy atom. The molecule has 2 aliphatic heterocycles. The molecule has 0 spiro atoms. The molecule has 0 radical (unpaired) electrons. The van der Waals surface area contributed by atoms with Gasteiger partial charge in [-0.25, -0.2) is 19.3 Å². The third-order valence-electron chi connectivity index (χ3n) is 8.48. The molecule has 0 aliphatic carbocycles. The summed E-state index contributed by atoms with van der Waals surface area (Å²) in [5.41, 5.74) is 16.4. The first kappa shape index (κ1) is 44.5. The molecule has 10 atom stereocenters. The fourth-order valence-corrected chi connectivity index (χ4v) is 8.66. The Hall–Kier alpha value is -2.65. The lowest BCUT2D eigenvalue weighted by molar-refractivity contribution is -0.238. The number of ether oxygens (including phenoxy) is 2. The van der Waals surface area contributed by atoms with Gasteiger partial charge in [0.25, 0.3) is 5.56 Å². The maximum absolute atomic E-state index is 12.8. The van der Waals surface area contributed by atoms with Crippen molar-refractivity contribution < 1.29 is 66.0 Å². The maximum atomic E-state index is 12.8. The average molecular weight is 878 g/mol. The summed E-state index contributed by atoms with van der Waals surface area (Å²) in [7, 11) is 0.171. The number of nitrogens with zero attached hydrogens (tertiary/aromatic N) is 5. The van der Waals surface area contributed by atoms with Crippen molar-refractivity contribution in [2.45, 2.75) is 55.8 Å². The minimum atomic E-state index is -3.67. The zero-order valence-electron chi connectivity index (χ0n) is 30.3. The molecule has 0 bridgehead atoms. The van der Waals surface area contributed by atoms with Crippen molar-refractivity contribution in [3.63, 3.8) is 0 Å². The molecule has 314 valence electrons.